The third-order valence-corrected chi connectivity index (χ3v) is 10.1. The summed E-state index contributed by atoms with van der Waals surface area (Å²) in [5.41, 5.74) is -6.49. The van der Waals surface area contributed by atoms with Gasteiger partial charge in [0.05, 0.1) is 16.6 Å². The van der Waals surface area contributed by atoms with Crippen LogP contribution in [0.4, 0.5) is 0 Å². The first-order valence-electron chi connectivity index (χ1n) is 16.1. The molecule has 1 heterocycles. The topological polar surface area (TPSA) is 161 Å². The number of ether oxygens (including phenoxy) is 6. The first-order chi connectivity index (χ1) is 23.0. The van der Waals surface area contributed by atoms with Crippen LogP contribution in [0.2, 0.25) is 0 Å². The Hall–Kier alpha value is -4.55. The van der Waals surface area contributed by atoms with Crippen LogP contribution < -0.4 is 0 Å². The zero-order valence-corrected chi connectivity index (χ0v) is 28.5. The maximum Gasteiger partial charge on any atom is 0.338 e. The number of esters is 5. The molecule has 262 valence electrons. The van der Waals surface area contributed by atoms with Crippen molar-refractivity contribution in [3.8, 4) is 0 Å². The Morgan fingerprint density at radius 2 is 1.29 bits per heavy atom. The highest BCUT2D eigenvalue weighted by molar-refractivity contribution is 5.89. The van der Waals surface area contributed by atoms with Gasteiger partial charge in [-0.15, -0.1) is 0 Å². The highest BCUT2D eigenvalue weighted by Crippen LogP contribution is 2.69. The summed E-state index contributed by atoms with van der Waals surface area (Å²) in [6.07, 6.45) is -4.54. The molecule has 1 N–H and O–H groups in total. The van der Waals surface area contributed by atoms with Gasteiger partial charge < -0.3 is 33.5 Å². The van der Waals surface area contributed by atoms with Crippen molar-refractivity contribution in [3.05, 3.63) is 77.9 Å². The van der Waals surface area contributed by atoms with Gasteiger partial charge in [0.2, 0.25) is 0 Å². The number of fused-ring (bicyclic) bond motifs is 1. The lowest BCUT2D eigenvalue weighted by atomic mass is 9.46. The molecule has 12 heteroatoms. The van der Waals surface area contributed by atoms with Crippen molar-refractivity contribution in [2.75, 3.05) is 0 Å². The van der Waals surface area contributed by atoms with E-state index in [9.17, 15) is 29.1 Å². The average Bonchev–Trinajstić information content (AvgIpc) is 3.21. The van der Waals surface area contributed by atoms with Gasteiger partial charge in [-0.1, -0.05) is 48.5 Å². The molecule has 2 aromatic rings. The minimum absolute atomic E-state index is 0.0224. The van der Waals surface area contributed by atoms with Gasteiger partial charge in [-0.2, -0.15) is 0 Å². The standard InChI is InChI=1S/C37H42O12/c1-21(38)44-29-31(48-33(42)25-16-12-9-13-17-25)35(6)27(47-28(41)19-18-24-14-10-8-11-15-24)20-26-30(45-22(2)39)37(35,49-34(26,4)5)36(7,43)32(29)46-23(3)40/h8-19,26-27,29-32,43H,20H2,1-7H3/b19-18+/t26-,27+,29+,30-,31+,32+,35-,36+,37-/m1/s1. The van der Waals surface area contributed by atoms with Crippen molar-refractivity contribution in [2.24, 2.45) is 11.3 Å². The third kappa shape index (κ3) is 6.12. The fourth-order valence-corrected chi connectivity index (χ4v) is 8.14. The zero-order chi connectivity index (χ0) is 35.9. The minimum atomic E-state index is -2.32. The molecule has 0 aromatic heterocycles. The van der Waals surface area contributed by atoms with Crippen LogP contribution in [0.3, 0.4) is 0 Å². The molecule has 9 atom stereocenters. The fraction of sp³-hybridized carbons (Fsp3) is 0.486. The predicted molar refractivity (Wildman–Crippen MR) is 172 cm³/mol. The number of aliphatic hydroxyl groups is 1. The summed E-state index contributed by atoms with van der Waals surface area (Å²) < 4.78 is 36.7. The molecule has 12 nitrogen and oxygen atoms in total. The van der Waals surface area contributed by atoms with Gasteiger partial charge in [0.25, 0.3) is 0 Å². The SMILES string of the molecule is CC(=O)O[C@H]1[C@H](OC(=O)c2ccccc2)[C@@]2(C)[C@@H](OC(=O)/C=C/c3ccccc3)C[C@@H]3[C@@H](OC(C)=O)[C@]2(OC3(C)C)[C@@](C)(O)[C@H]1OC(C)=O. The number of hydrogen-bond donors (Lipinski definition) is 1. The summed E-state index contributed by atoms with van der Waals surface area (Å²) in [4.78, 5) is 65.5. The second-order valence-electron chi connectivity index (χ2n) is 13.7. The van der Waals surface area contributed by atoms with E-state index in [0.717, 1.165) is 19.4 Å². The summed E-state index contributed by atoms with van der Waals surface area (Å²) in [7, 11) is 0. The Morgan fingerprint density at radius 1 is 0.735 bits per heavy atom. The molecular weight excluding hydrogens is 636 g/mol. The number of benzene rings is 2. The monoisotopic (exact) mass is 678 g/mol. The Labute approximate surface area is 284 Å². The van der Waals surface area contributed by atoms with E-state index >= 15 is 0 Å². The van der Waals surface area contributed by atoms with E-state index in [2.05, 4.69) is 0 Å². The van der Waals surface area contributed by atoms with Crippen LogP contribution in [0.5, 0.6) is 0 Å². The first-order valence-corrected chi connectivity index (χ1v) is 16.1. The van der Waals surface area contributed by atoms with Crippen LogP contribution in [0.15, 0.2) is 66.7 Å². The summed E-state index contributed by atoms with van der Waals surface area (Å²) >= 11 is 0. The van der Waals surface area contributed by atoms with Crippen LogP contribution >= 0.6 is 0 Å². The highest BCUT2D eigenvalue weighted by Gasteiger charge is 2.87. The van der Waals surface area contributed by atoms with Gasteiger partial charge >= 0.3 is 29.8 Å². The molecule has 0 radical (unpaired) electrons. The van der Waals surface area contributed by atoms with Crippen molar-refractivity contribution in [1.29, 1.82) is 0 Å². The average molecular weight is 679 g/mol. The van der Waals surface area contributed by atoms with Crippen LogP contribution in [0.25, 0.3) is 6.08 Å². The number of carbonyl (C=O) groups is 5. The van der Waals surface area contributed by atoms with Crippen LogP contribution in [-0.4, -0.2) is 82.3 Å². The number of rotatable bonds is 8. The summed E-state index contributed by atoms with van der Waals surface area (Å²) in [6.45, 7) is 9.79. The smallest absolute Gasteiger partial charge is 0.338 e. The molecule has 0 amide bonds. The lowest BCUT2D eigenvalue weighted by molar-refractivity contribution is -0.369. The molecule has 5 rings (SSSR count). The van der Waals surface area contributed by atoms with Crippen LogP contribution in [0.1, 0.15) is 70.8 Å². The molecule has 2 saturated carbocycles. The fourth-order valence-electron chi connectivity index (χ4n) is 8.14. The molecule has 1 spiro atoms. The van der Waals surface area contributed by atoms with E-state index in [0.29, 0.717) is 0 Å². The molecule has 3 aliphatic rings. The zero-order valence-electron chi connectivity index (χ0n) is 28.5. The highest BCUT2D eigenvalue weighted by atomic mass is 16.7. The molecule has 1 saturated heterocycles. The summed E-state index contributed by atoms with van der Waals surface area (Å²) in [5.74, 6) is -4.67. The Bertz CT molecular complexity index is 1630. The normalized spacial score (nSPS) is 34.3. The Balaban J connectivity index is 1.75. The van der Waals surface area contributed by atoms with Crippen molar-refractivity contribution >= 4 is 35.9 Å². The Morgan fingerprint density at radius 3 is 1.86 bits per heavy atom. The van der Waals surface area contributed by atoms with E-state index in [1.807, 2.05) is 18.2 Å². The largest absolute Gasteiger partial charge is 0.459 e. The molecule has 3 fully saturated rings. The lowest BCUT2D eigenvalue weighted by Crippen LogP contribution is -2.86. The summed E-state index contributed by atoms with van der Waals surface area (Å²) in [6, 6.07) is 17.1. The van der Waals surface area contributed by atoms with Crippen molar-refractivity contribution < 1.29 is 57.5 Å². The molecule has 2 aliphatic carbocycles. The molecule has 49 heavy (non-hydrogen) atoms. The van der Waals surface area contributed by atoms with E-state index in [1.165, 1.54) is 32.1 Å². The molecule has 1 aliphatic heterocycles. The van der Waals surface area contributed by atoms with Gasteiger partial charge in [-0.25, -0.2) is 9.59 Å². The number of carbonyl (C=O) groups excluding carboxylic acids is 5. The third-order valence-electron chi connectivity index (χ3n) is 10.1. The Kier molecular flexibility index (Phi) is 9.52. The van der Waals surface area contributed by atoms with E-state index in [-0.39, 0.29) is 12.0 Å². The van der Waals surface area contributed by atoms with Crippen molar-refractivity contribution in [3.63, 3.8) is 0 Å². The minimum Gasteiger partial charge on any atom is -0.459 e. The van der Waals surface area contributed by atoms with Gasteiger partial charge in [-0.3, -0.25) is 14.4 Å². The maximum atomic E-state index is 13.9. The van der Waals surface area contributed by atoms with Crippen LogP contribution in [0, 0.1) is 11.3 Å². The molecule has 2 bridgehead atoms. The predicted octanol–water partition coefficient (Wildman–Crippen LogP) is 3.97. The number of hydrogen-bond acceptors (Lipinski definition) is 12. The van der Waals surface area contributed by atoms with Gasteiger partial charge in [0.15, 0.2) is 23.9 Å². The van der Waals surface area contributed by atoms with Gasteiger partial charge in [0, 0.05) is 32.8 Å². The van der Waals surface area contributed by atoms with E-state index in [4.69, 9.17) is 28.4 Å². The van der Waals surface area contributed by atoms with Gasteiger partial charge in [0.1, 0.15) is 17.8 Å². The van der Waals surface area contributed by atoms with Crippen LogP contribution in [-0.2, 0) is 47.6 Å². The molecule has 2 aromatic carbocycles. The maximum absolute atomic E-state index is 13.9. The first kappa shape index (κ1) is 35.7. The van der Waals surface area contributed by atoms with E-state index in [1.54, 1.807) is 57.2 Å². The summed E-state index contributed by atoms with van der Waals surface area (Å²) in [5, 5.41) is 12.8. The second-order valence-corrected chi connectivity index (χ2v) is 13.7. The lowest BCUT2D eigenvalue weighted by Gasteiger charge is -2.66. The van der Waals surface area contributed by atoms with Crippen molar-refractivity contribution in [2.45, 2.75) is 102 Å². The quantitative estimate of drug-likeness (QED) is 0.243. The molecule has 0 unspecified atom stereocenters. The van der Waals surface area contributed by atoms with Gasteiger partial charge in [-0.05, 0) is 57.9 Å². The van der Waals surface area contributed by atoms with E-state index < -0.39 is 88.5 Å². The second kappa shape index (κ2) is 13.1. The van der Waals surface area contributed by atoms with Crippen molar-refractivity contribution in [1.82, 2.24) is 0 Å². The molecular formula is C37H42O12.